The summed E-state index contributed by atoms with van der Waals surface area (Å²) in [6.07, 6.45) is 4.95. The van der Waals surface area contributed by atoms with Crippen molar-refractivity contribution in [2.24, 2.45) is 11.3 Å². The number of aromatic nitrogens is 2. The Hall–Kier alpha value is -0.790. The van der Waals surface area contributed by atoms with Crippen molar-refractivity contribution < 1.29 is 0 Å². The van der Waals surface area contributed by atoms with Crippen LogP contribution in [0, 0.1) is 18.3 Å². The van der Waals surface area contributed by atoms with Gasteiger partial charge in [-0.15, -0.1) is 0 Å². The Morgan fingerprint density at radius 1 is 1.47 bits per heavy atom. The highest BCUT2D eigenvalue weighted by Crippen LogP contribution is 2.39. The van der Waals surface area contributed by atoms with Gasteiger partial charge in [-0.05, 0) is 43.1 Å². The summed E-state index contributed by atoms with van der Waals surface area (Å²) in [5.74, 6) is 0.825. The van der Waals surface area contributed by atoms with Crippen molar-refractivity contribution in [3.8, 4) is 0 Å². The zero-order valence-electron chi connectivity index (χ0n) is 10.4. The Labute approximate surface area is 92.5 Å². The van der Waals surface area contributed by atoms with E-state index in [0.29, 0.717) is 5.41 Å². The van der Waals surface area contributed by atoms with Gasteiger partial charge in [0.1, 0.15) is 0 Å². The molecule has 1 N–H and O–H groups in total. The molecular formula is C13H22N2. The minimum absolute atomic E-state index is 0.474. The van der Waals surface area contributed by atoms with E-state index in [2.05, 4.69) is 37.9 Å². The molecule has 1 aromatic heterocycles. The van der Waals surface area contributed by atoms with Crippen molar-refractivity contribution in [3.63, 3.8) is 0 Å². The summed E-state index contributed by atoms with van der Waals surface area (Å²) in [6.45, 7) is 9.25. The summed E-state index contributed by atoms with van der Waals surface area (Å²) in [5.41, 5.74) is 4.56. The van der Waals surface area contributed by atoms with Gasteiger partial charge in [0.2, 0.25) is 0 Å². The van der Waals surface area contributed by atoms with Gasteiger partial charge in [-0.3, -0.25) is 5.10 Å². The highest BCUT2D eigenvalue weighted by molar-refractivity contribution is 5.27. The molecule has 1 aromatic rings. The summed E-state index contributed by atoms with van der Waals surface area (Å²) in [4.78, 5) is 0. The molecule has 2 rings (SSSR count). The van der Waals surface area contributed by atoms with E-state index in [-0.39, 0.29) is 0 Å². The normalized spacial score (nSPS) is 21.5. The highest BCUT2D eigenvalue weighted by Gasteiger charge is 2.32. The van der Waals surface area contributed by atoms with Crippen molar-refractivity contribution >= 4 is 0 Å². The first-order valence-electron chi connectivity index (χ1n) is 6.07. The van der Waals surface area contributed by atoms with Crippen LogP contribution in [0.3, 0.4) is 0 Å². The topological polar surface area (TPSA) is 28.7 Å². The molecule has 0 radical (unpaired) electrons. The van der Waals surface area contributed by atoms with Gasteiger partial charge < -0.3 is 0 Å². The Kier molecular flexibility index (Phi) is 2.61. The fourth-order valence-corrected chi connectivity index (χ4v) is 2.60. The van der Waals surface area contributed by atoms with E-state index in [1.165, 1.54) is 36.2 Å². The second-order valence-corrected chi connectivity index (χ2v) is 5.56. The molecule has 0 bridgehead atoms. The lowest BCUT2D eigenvalue weighted by Gasteiger charge is -2.36. The predicted molar refractivity (Wildman–Crippen MR) is 62.9 cm³/mol. The van der Waals surface area contributed by atoms with Crippen LogP contribution in [0.5, 0.6) is 0 Å². The Morgan fingerprint density at radius 3 is 2.87 bits per heavy atom. The van der Waals surface area contributed by atoms with Crippen LogP contribution >= 0.6 is 0 Å². The first-order chi connectivity index (χ1) is 7.04. The number of rotatable bonds is 2. The van der Waals surface area contributed by atoms with Gasteiger partial charge in [0.05, 0.1) is 5.69 Å². The average Bonchev–Trinajstić information content (AvgIpc) is 2.60. The molecular weight excluding hydrogens is 184 g/mol. The largest absolute Gasteiger partial charge is 0.282 e. The van der Waals surface area contributed by atoms with Crippen LogP contribution in [0.1, 0.15) is 50.6 Å². The fourth-order valence-electron chi connectivity index (χ4n) is 2.60. The van der Waals surface area contributed by atoms with Crippen LogP contribution < -0.4 is 0 Å². The van der Waals surface area contributed by atoms with Gasteiger partial charge in [0, 0.05) is 5.69 Å². The zero-order valence-corrected chi connectivity index (χ0v) is 10.4. The second kappa shape index (κ2) is 3.66. The summed E-state index contributed by atoms with van der Waals surface area (Å²) < 4.78 is 0. The Morgan fingerprint density at radius 2 is 2.20 bits per heavy atom. The standard InChI is InChI=1S/C13H22N2/c1-5-13(3,4)10-6-7-12-11(8-10)9(2)14-15-12/h10H,5-8H2,1-4H3,(H,14,15). The minimum Gasteiger partial charge on any atom is -0.282 e. The molecule has 2 heteroatoms. The summed E-state index contributed by atoms with van der Waals surface area (Å²) >= 11 is 0. The van der Waals surface area contributed by atoms with Crippen LogP contribution in [0.2, 0.25) is 0 Å². The second-order valence-electron chi connectivity index (χ2n) is 5.56. The number of nitrogens with one attached hydrogen (secondary N) is 1. The van der Waals surface area contributed by atoms with Crippen LogP contribution in [0.15, 0.2) is 0 Å². The molecule has 1 aliphatic carbocycles. The van der Waals surface area contributed by atoms with Gasteiger partial charge in [0.25, 0.3) is 0 Å². The molecule has 0 saturated carbocycles. The molecule has 15 heavy (non-hydrogen) atoms. The Balaban J connectivity index is 2.21. The molecule has 0 fully saturated rings. The molecule has 0 spiro atoms. The van der Waals surface area contributed by atoms with E-state index in [1.54, 1.807) is 0 Å². The van der Waals surface area contributed by atoms with E-state index >= 15 is 0 Å². The van der Waals surface area contributed by atoms with Crippen LogP contribution in [0.25, 0.3) is 0 Å². The van der Waals surface area contributed by atoms with Crippen molar-refractivity contribution in [2.45, 2.75) is 53.4 Å². The van der Waals surface area contributed by atoms with Crippen molar-refractivity contribution in [1.29, 1.82) is 0 Å². The van der Waals surface area contributed by atoms with Crippen molar-refractivity contribution in [2.75, 3.05) is 0 Å². The molecule has 1 aliphatic rings. The monoisotopic (exact) mass is 206 g/mol. The predicted octanol–water partition coefficient (Wildman–Crippen LogP) is 3.26. The first kappa shape index (κ1) is 10.7. The van der Waals surface area contributed by atoms with Gasteiger partial charge in [-0.1, -0.05) is 27.2 Å². The molecule has 0 aliphatic heterocycles. The number of aryl methyl sites for hydroxylation is 2. The highest BCUT2D eigenvalue weighted by atomic mass is 15.1. The number of nitrogens with zero attached hydrogens (tertiary/aromatic N) is 1. The van der Waals surface area contributed by atoms with Crippen LogP contribution in [-0.4, -0.2) is 10.2 Å². The lowest BCUT2D eigenvalue weighted by molar-refractivity contribution is 0.182. The number of hydrogen-bond acceptors (Lipinski definition) is 1. The van der Waals surface area contributed by atoms with Gasteiger partial charge in [-0.2, -0.15) is 5.10 Å². The number of H-pyrrole nitrogens is 1. The van der Waals surface area contributed by atoms with Crippen molar-refractivity contribution in [1.82, 2.24) is 10.2 Å². The molecule has 1 atom stereocenters. The number of aromatic amines is 1. The van der Waals surface area contributed by atoms with E-state index in [9.17, 15) is 0 Å². The molecule has 2 nitrogen and oxygen atoms in total. The lowest BCUT2D eigenvalue weighted by Crippen LogP contribution is -2.28. The average molecular weight is 206 g/mol. The third-order valence-corrected chi connectivity index (χ3v) is 4.36. The van der Waals surface area contributed by atoms with Gasteiger partial charge >= 0.3 is 0 Å². The quantitative estimate of drug-likeness (QED) is 0.790. The maximum absolute atomic E-state index is 4.37. The smallest absolute Gasteiger partial charge is 0.0657 e. The SMILES string of the molecule is CCC(C)(C)C1CCc2n[nH]c(C)c2C1. The zero-order chi connectivity index (χ0) is 11.1. The van der Waals surface area contributed by atoms with Crippen molar-refractivity contribution in [3.05, 3.63) is 17.0 Å². The fraction of sp³-hybridized carbons (Fsp3) is 0.769. The number of hydrogen-bond donors (Lipinski definition) is 1. The maximum atomic E-state index is 4.37. The summed E-state index contributed by atoms with van der Waals surface area (Å²) in [7, 11) is 0. The van der Waals surface area contributed by atoms with E-state index in [0.717, 1.165) is 12.3 Å². The van der Waals surface area contributed by atoms with Crippen LogP contribution in [-0.2, 0) is 12.8 Å². The molecule has 1 unspecified atom stereocenters. The maximum Gasteiger partial charge on any atom is 0.0657 e. The summed E-state index contributed by atoms with van der Waals surface area (Å²) in [6, 6.07) is 0. The summed E-state index contributed by atoms with van der Waals surface area (Å²) in [5, 5.41) is 7.49. The molecule has 0 aromatic carbocycles. The lowest BCUT2D eigenvalue weighted by atomic mass is 9.69. The van der Waals surface area contributed by atoms with Gasteiger partial charge in [0.15, 0.2) is 0 Å². The molecule has 84 valence electrons. The third kappa shape index (κ3) is 1.82. The van der Waals surface area contributed by atoms with E-state index < -0.39 is 0 Å². The molecule has 0 saturated heterocycles. The van der Waals surface area contributed by atoms with E-state index in [4.69, 9.17) is 0 Å². The third-order valence-electron chi connectivity index (χ3n) is 4.36. The van der Waals surface area contributed by atoms with Crippen LogP contribution in [0.4, 0.5) is 0 Å². The van der Waals surface area contributed by atoms with E-state index in [1.807, 2.05) is 0 Å². The minimum atomic E-state index is 0.474. The molecule has 0 amide bonds. The molecule has 1 heterocycles. The Bertz CT molecular complexity index is 349. The number of fused-ring (bicyclic) bond motifs is 1. The first-order valence-corrected chi connectivity index (χ1v) is 6.07. The van der Waals surface area contributed by atoms with Gasteiger partial charge in [-0.25, -0.2) is 0 Å².